The summed E-state index contributed by atoms with van der Waals surface area (Å²) in [5.74, 6) is 0.684. The van der Waals surface area contributed by atoms with E-state index >= 15 is 0 Å². The fourth-order valence-electron chi connectivity index (χ4n) is 3.73. The van der Waals surface area contributed by atoms with Crippen molar-refractivity contribution in [1.82, 2.24) is 14.8 Å². The van der Waals surface area contributed by atoms with E-state index in [1.165, 1.54) is 6.33 Å². The fourth-order valence-corrected chi connectivity index (χ4v) is 3.86. The topological polar surface area (TPSA) is 51.0 Å². The van der Waals surface area contributed by atoms with Crippen LogP contribution in [0.2, 0.25) is 5.02 Å². The van der Waals surface area contributed by atoms with Gasteiger partial charge in [-0.15, -0.1) is 0 Å². The summed E-state index contributed by atoms with van der Waals surface area (Å²) in [6.45, 7) is 2.01. The van der Waals surface area contributed by atoms with Crippen LogP contribution in [0.25, 0.3) is 0 Å². The Morgan fingerprint density at radius 2 is 1.78 bits per heavy atom. The largest absolute Gasteiger partial charge is 0.274 e. The molecule has 138 valence electrons. The van der Waals surface area contributed by atoms with Crippen LogP contribution in [0.15, 0.2) is 60.9 Å². The van der Waals surface area contributed by atoms with Crippen LogP contribution in [-0.4, -0.2) is 20.7 Å². The highest BCUT2D eigenvalue weighted by molar-refractivity contribution is 6.30. The molecule has 0 fully saturated rings. The third kappa shape index (κ3) is 3.35. The van der Waals surface area contributed by atoms with E-state index in [1.54, 1.807) is 0 Å². The molecule has 3 aromatic rings. The fraction of sp³-hybridized carbons (Fsp3) is 0.286. The van der Waals surface area contributed by atoms with Gasteiger partial charge >= 0.3 is 0 Å². The summed E-state index contributed by atoms with van der Waals surface area (Å²) >= 11 is 6.07. The Balaban J connectivity index is 1.82. The Hall–Kier alpha value is -2.66. The summed E-state index contributed by atoms with van der Waals surface area (Å²) in [5.41, 5.74) is 2.21. The molecule has 2 heterocycles. The number of benzene rings is 2. The van der Waals surface area contributed by atoms with Crippen molar-refractivity contribution in [3.63, 3.8) is 0 Å². The van der Waals surface area contributed by atoms with Gasteiger partial charge in [0.2, 0.25) is 11.9 Å². The average Bonchev–Trinajstić information content (AvgIpc) is 3.18. The van der Waals surface area contributed by atoms with Crippen molar-refractivity contribution in [2.24, 2.45) is 0 Å². The molecule has 5 nitrogen and oxygen atoms in total. The number of amides is 1. The molecule has 0 saturated heterocycles. The minimum Gasteiger partial charge on any atom is -0.274 e. The van der Waals surface area contributed by atoms with E-state index in [2.05, 4.69) is 22.2 Å². The average molecular weight is 381 g/mol. The van der Waals surface area contributed by atoms with Gasteiger partial charge in [-0.1, -0.05) is 61.0 Å². The third-order valence-corrected chi connectivity index (χ3v) is 5.25. The number of halogens is 1. The van der Waals surface area contributed by atoms with E-state index in [0.717, 1.165) is 24.0 Å². The summed E-state index contributed by atoms with van der Waals surface area (Å²) in [7, 11) is 0. The van der Waals surface area contributed by atoms with Crippen LogP contribution in [0.5, 0.6) is 0 Å². The number of nitrogens with zero attached hydrogens (tertiary/aromatic N) is 4. The second kappa shape index (κ2) is 7.53. The van der Waals surface area contributed by atoms with Crippen LogP contribution in [0.3, 0.4) is 0 Å². The minimum atomic E-state index is -0.0809. The second-order valence-corrected chi connectivity index (χ2v) is 7.18. The molecule has 1 aliphatic heterocycles. The van der Waals surface area contributed by atoms with Crippen molar-refractivity contribution in [1.29, 1.82) is 0 Å². The van der Waals surface area contributed by atoms with Crippen molar-refractivity contribution >= 4 is 23.5 Å². The normalized spacial score (nSPS) is 19.0. The summed E-state index contributed by atoms with van der Waals surface area (Å²) in [6.07, 6.45) is 3.54. The number of anilines is 1. The maximum atomic E-state index is 13.0. The molecule has 0 radical (unpaired) electrons. The molecule has 0 N–H and O–H groups in total. The lowest BCUT2D eigenvalue weighted by Crippen LogP contribution is -2.42. The molecule has 4 rings (SSSR count). The van der Waals surface area contributed by atoms with Crippen molar-refractivity contribution in [3.05, 3.63) is 77.1 Å². The van der Waals surface area contributed by atoms with Crippen LogP contribution in [0.4, 0.5) is 5.95 Å². The molecule has 1 aromatic heterocycles. The SMILES string of the molecule is CCCC(=O)N1c2ncnn2[C@H](c2ccc(Cl)cc2)C[C@@H]1c1ccccc1. The summed E-state index contributed by atoms with van der Waals surface area (Å²) in [6, 6.07) is 17.9. The molecule has 0 spiro atoms. The highest BCUT2D eigenvalue weighted by Gasteiger charge is 2.38. The van der Waals surface area contributed by atoms with Gasteiger partial charge in [-0.05, 0) is 36.1 Å². The number of carbonyl (C=O) groups is 1. The zero-order chi connectivity index (χ0) is 18.8. The first-order valence-electron chi connectivity index (χ1n) is 9.21. The van der Waals surface area contributed by atoms with Gasteiger partial charge in [0.25, 0.3) is 0 Å². The predicted molar refractivity (Wildman–Crippen MR) is 106 cm³/mol. The van der Waals surface area contributed by atoms with Gasteiger partial charge in [0, 0.05) is 11.4 Å². The molecule has 6 heteroatoms. The molecule has 0 aliphatic carbocycles. The first kappa shape index (κ1) is 17.7. The number of hydrogen-bond acceptors (Lipinski definition) is 3. The van der Waals surface area contributed by atoms with Gasteiger partial charge in [0.05, 0.1) is 12.1 Å². The van der Waals surface area contributed by atoms with Crippen LogP contribution in [-0.2, 0) is 4.79 Å². The molecule has 0 unspecified atom stereocenters. The Labute approximate surface area is 163 Å². The van der Waals surface area contributed by atoms with Gasteiger partial charge < -0.3 is 0 Å². The molecule has 27 heavy (non-hydrogen) atoms. The summed E-state index contributed by atoms with van der Waals surface area (Å²) in [5, 5.41) is 5.14. The molecule has 1 amide bonds. The molecular formula is C21H21ClN4O. The van der Waals surface area contributed by atoms with Crippen molar-refractivity contribution in [2.45, 2.75) is 38.3 Å². The van der Waals surface area contributed by atoms with E-state index < -0.39 is 0 Å². The number of carbonyl (C=O) groups excluding carboxylic acids is 1. The van der Waals surface area contributed by atoms with Gasteiger partial charge in [0.1, 0.15) is 6.33 Å². The number of hydrogen-bond donors (Lipinski definition) is 0. The Kier molecular flexibility index (Phi) is 4.94. The van der Waals surface area contributed by atoms with Crippen LogP contribution in [0.1, 0.15) is 49.4 Å². The van der Waals surface area contributed by atoms with Gasteiger partial charge in [-0.3, -0.25) is 9.69 Å². The predicted octanol–water partition coefficient (Wildman–Crippen LogP) is 4.80. The first-order valence-corrected chi connectivity index (χ1v) is 9.58. The minimum absolute atomic E-state index is 0.00403. The quantitative estimate of drug-likeness (QED) is 0.653. The van der Waals surface area contributed by atoms with E-state index in [4.69, 9.17) is 11.6 Å². The van der Waals surface area contributed by atoms with Gasteiger partial charge in [-0.2, -0.15) is 10.1 Å². The highest BCUT2D eigenvalue weighted by atomic mass is 35.5. The lowest BCUT2D eigenvalue weighted by molar-refractivity contribution is -0.119. The molecule has 2 atom stereocenters. The van der Waals surface area contributed by atoms with E-state index in [-0.39, 0.29) is 18.0 Å². The van der Waals surface area contributed by atoms with Crippen molar-refractivity contribution in [3.8, 4) is 0 Å². The highest BCUT2D eigenvalue weighted by Crippen LogP contribution is 2.42. The Bertz CT molecular complexity index is 923. The summed E-state index contributed by atoms with van der Waals surface area (Å²) < 4.78 is 1.86. The van der Waals surface area contributed by atoms with E-state index in [1.807, 2.05) is 59.0 Å². The van der Waals surface area contributed by atoms with E-state index in [9.17, 15) is 4.79 Å². The third-order valence-electron chi connectivity index (χ3n) is 4.99. The van der Waals surface area contributed by atoms with Crippen LogP contribution >= 0.6 is 11.6 Å². The zero-order valence-corrected chi connectivity index (χ0v) is 15.9. The maximum Gasteiger partial charge on any atom is 0.231 e. The zero-order valence-electron chi connectivity index (χ0n) is 15.1. The molecule has 0 bridgehead atoms. The molecule has 2 aromatic carbocycles. The molecule has 0 saturated carbocycles. The van der Waals surface area contributed by atoms with Crippen molar-refractivity contribution in [2.75, 3.05) is 4.90 Å². The first-order chi connectivity index (χ1) is 13.2. The summed E-state index contributed by atoms with van der Waals surface area (Å²) in [4.78, 5) is 19.2. The van der Waals surface area contributed by atoms with Crippen molar-refractivity contribution < 1.29 is 4.79 Å². The smallest absolute Gasteiger partial charge is 0.231 e. The van der Waals surface area contributed by atoms with Crippen LogP contribution < -0.4 is 4.90 Å². The Morgan fingerprint density at radius 1 is 1.07 bits per heavy atom. The standard InChI is InChI=1S/C21H21ClN4O/c1-2-6-20(27)25-18(15-7-4-3-5-8-15)13-19(26-21(25)23-14-24-26)16-9-11-17(22)12-10-16/h3-5,7-12,14,18-19H,2,6,13H2,1H3/t18-,19+/m1/s1. The number of fused-ring (bicyclic) bond motifs is 1. The molecule has 1 aliphatic rings. The second-order valence-electron chi connectivity index (χ2n) is 6.75. The van der Waals surface area contributed by atoms with Crippen LogP contribution in [0, 0.1) is 0 Å². The Morgan fingerprint density at radius 3 is 2.48 bits per heavy atom. The van der Waals surface area contributed by atoms with Gasteiger partial charge in [-0.25, -0.2) is 4.68 Å². The lowest BCUT2D eigenvalue weighted by Gasteiger charge is -2.39. The number of aromatic nitrogens is 3. The maximum absolute atomic E-state index is 13.0. The monoisotopic (exact) mass is 380 g/mol. The van der Waals surface area contributed by atoms with E-state index in [0.29, 0.717) is 17.4 Å². The lowest BCUT2D eigenvalue weighted by atomic mass is 9.91. The van der Waals surface area contributed by atoms with Gasteiger partial charge in [0.15, 0.2) is 0 Å². The molecular weight excluding hydrogens is 360 g/mol. The number of rotatable bonds is 4.